The maximum absolute atomic E-state index is 9.33. The molecule has 1 heterocycles. The molecule has 0 spiro atoms. The van der Waals surface area contributed by atoms with Crippen LogP contribution in [0.5, 0.6) is 5.75 Å². The van der Waals surface area contributed by atoms with Gasteiger partial charge in [0.2, 0.25) is 0 Å². The van der Waals surface area contributed by atoms with Crippen LogP contribution >= 0.6 is 11.6 Å². The van der Waals surface area contributed by atoms with Crippen LogP contribution in [0, 0.1) is 0 Å². The van der Waals surface area contributed by atoms with Crippen molar-refractivity contribution in [3.63, 3.8) is 0 Å². The summed E-state index contributed by atoms with van der Waals surface area (Å²) in [6, 6.07) is 4.84. The zero-order chi connectivity index (χ0) is 8.55. The van der Waals surface area contributed by atoms with Crippen molar-refractivity contribution in [1.82, 2.24) is 10.2 Å². The van der Waals surface area contributed by atoms with Crippen LogP contribution in [0.4, 0.5) is 0 Å². The highest BCUT2D eigenvalue weighted by Crippen LogP contribution is 2.27. The van der Waals surface area contributed by atoms with Gasteiger partial charge >= 0.3 is 0 Å². The highest BCUT2D eigenvalue weighted by Gasteiger charge is 2.03. The molecule has 2 rings (SSSR count). The first-order valence-corrected chi connectivity index (χ1v) is 3.76. The highest BCUT2D eigenvalue weighted by atomic mass is 35.5. The number of phenols is 1. The third-order valence-electron chi connectivity index (χ3n) is 1.61. The molecule has 0 bridgehead atoms. The van der Waals surface area contributed by atoms with Gasteiger partial charge in [0.1, 0.15) is 11.3 Å². The summed E-state index contributed by atoms with van der Waals surface area (Å²) in [6.45, 7) is 0. The van der Waals surface area contributed by atoms with Crippen molar-refractivity contribution >= 4 is 22.5 Å². The lowest BCUT2D eigenvalue weighted by Gasteiger charge is -1.99. The van der Waals surface area contributed by atoms with E-state index >= 15 is 0 Å². The highest BCUT2D eigenvalue weighted by molar-refractivity contribution is 6.35. The lowest BCUT2D eigenvalue weighted by Crippen LogP contribution is -1.83. The van der Waals surface area contributed by atoms with E-state index in [0.29, 0.717) is 15.9 Å². The Kier molecular flexibility index (Phi) is 1.59. The van der Waals surface area contributed by atoms with E-state index in [1.165, 1.54) is 12.3 Å². The summed E-state index contributed by atoms with van der Waals surface area (Å²) < 4.78 is 0. The van der Waals surface area contributed by atoms with Gasteiger partial charge < -0.3 is 5.11 Å². The van der Waals surface area contributed by atoms with Gasteiger partial charge in [-0.2, -0.15) is 5.10 Å². The number of aromatic nitrogens is 2. The molecule has 0 aliphatic heterocycles. The second kappa shape index (κ2) is 2.60. The van der Waals surface area contributed by atoms with Crippen molar-refractivity contribution in [3.05, 3.63) is 29.4 Å². The fourth-order valence-corrected chi connectivity index (χ4v) is 1.25. The van der Waals surface area contributed by atoms with Crippen molar-refractivity contribution in [2.24, 2.45) is 0 Å². The number of halogens is 1. The molecule has 0 amide bonds. The number of hydrogen-bond donors (Lipinski definition) is 1. The van der Waals surface area contributed by atoms with Crippen molar-refractivity contribution in [2.45, 2.75) is 0 Å². The van der Waals surface area contributed by atoms with Crippen LogP contribution in [-0.4, -0.2) is 15.3 Å². The van der Waals surface area contributed by atoms with E-state index < -0.39 is 0 Å². The van der Waals surface area contributed by atoms with Crippen LogP contribution in [-0.2, 0) is 0 Å². The lowest BCUT2D eigenvalue weighted by atomic mass is 10.2. The molecule has 0 atom stereocenters. The number of nitrogens with zero attached hydrogens (tertiary/aromatic N) is 2. The van der Waals surface area contributed by atoms with Crippen LogP contribution in [0.3, 0.4) is 0 Å². The first-order valence-electron chi connectivity index (χ1n) is 3.38. The topological polar surface area (TPSA) is 46.0 Å². The summed E-state index contributed by atoms with van der Waals surface area (Å²) in [7, 11) is 0. The number of hydrogen-bond acceptors (Lipinski definition) is 3. The molecule has 0 saturated heterocycles. The third-order valence-corrected chi connectivity index (χ3v) is 1.94. The summed E-state index contributed by atoms with van der Waals surface area (Å²) in [5.74, 6) is 0.0995. The Bertz CT molecular complexity index is 390. The molecular weight excluding hydrogens is 176 g/mol. The predicted octanol–water partition coefficient (Wildman–Crippen LogP) is 1.99. The van der Waals surface area contributed by atoms with Gasteiger partial charge in [0.25, 0.3) is 0 Å². The number of benzene rings is 1. The smallest absolute Gasteiger partial charge is 0.143 e. The van der Waals surface area contributed by atoms with Gasteiger partial charge in [-0.15, -0.1) is 5.10 Å². The molecule has 1 aromatic heterocycles. The van der Waals surface area contributed by atoms with Crippen LogP contribution in [0.25, 0.3) is 10.9 Å². The average molecular weight is 181 g/mol. The average Bonchev–Trinajstić information content (AvgIpc) is 2.12. The molecule has 1 aromatic carbocycles. The summed E-state index contributed by atoms with van der Waals surface area (Å²) >= 11 is 5.85. The van der Waals surface area contributed by atoms with Gasteiger partial charge in [0, 0.05) is 5.39 Å². The SMILES string of the molecule is Oc1ccc(Cl)c2ccnnc12. The van der Waals surface area contributed by atoms with Crippen LogP contribution in [0.2, 0.25) is 5.02 Å². The molecule has 0 saturated carbocycles. The molecule has 0 aliphatic rings. The molecule has 0 radical (unpaired) electrons. The first-order chi connectivity index (χ1) is 5.79. The lowest BCUT2D eigenvalue weighted by molar-refractivity contribution is 0.480. The number of rotatable bonds is 0. The van der Waals surface area contributed by atoms with Gasteiger partial charge in [-0.25, -0.2) is 0 Å². The first kappa shape index (κ1) is 7.31. The number of fused-ring (bicyclic) bond motifs is 1. The molecule has 12 heavy (non-hydrogen) atoms. The monoisotopic (exact) mass is 180 g/mol. The second-order valence-electron chi connectivity index (χ2n) is 2.36. The molecule has 3 nitrogen and oxygen atoms in total. The Morgan fingerprint density at radius 2 is 2.08 bits per heavy atom. The van der Waals surface area contributed by atoms with Crippen LogP contribution < -0.4 is 0 Å². The zero-order valence-corrected chi connectivity index (χ0v) is 6.78. The summed E-state index contributed by atoms with van der Waals surface area (Å²) in [6.07, 6.45) is 1.54. The molecule has 1 N–H and O–H groups in total. The molecule has 2 aromatic rings. The molecule has 60 valence electrons. The van der Waals surface area contributed by atoms with Crippen molar-refractivity contribution in [3.8, 4) is 5.75 Å². The maximum Gasteiger partial charge on any atom is 0.143 e. The zero-order valence-electron chi connectivity index (χ0n) is 6.03. The van der Waals surface area contributed by atoms with Gasteiger partial charge in [0.05, 0.1) is 11.2 Å². The minimum Gasteiger partial charge on any atom is -0.506 e. The summed E-state index contributed by atoms with van der Waals surface area (Å²) in [4.78, 5) is 0. The molecule has 0 fully saturated rings. The molecular formula is C8H5ClN2O. The minimum absolute atomic E-state index is 0.0995. The van der Waals surface area contributed by atoms with Gasteiger partial charge in [0.15, 0.2) is 0 Å². The Morgan fingerprint density at radius 3 is 2.83 bits per heavy atom. The van der Waals surface area contributed by atoms with Gasteiger partial charge in [-0.05, 0) is 18.2 Å². The van der Waals surface area contributed by atoms with E-state index in [-0.39, 0.29) is 5.75 Å². The third kappa shape index (κ3) is 0.987. The standard InChI is InChI=1S/C8H5ClN2O/c9-6-1-2-7(12)8-5(6)3-4-10-11-8/h1-4,12H. The van der Waals surface area contributed by atoms with Crippen molar-refractivity contribution in [2.75, 3.05) is 0 Å². The largest absolute Gasteiger partial charge is 0.506 e. The molecule has 0 aliphatic carbocycles. The summed E-state index contributed by atoms with van der Waals surface area (Å²) in [5, 5.41) is 18.0. The van der Waals surface area contributed by atoms with Gasteiger partial charge in [-0.1, -0.05) is 11.6 Å². The number of aromatic hydroxyl groups is 1. The van der Waals surface area contributed by atoms with E-state index in [0.717, 1.165) is 0 Å². The van der Waals surface area contributed by atoms with Crippen molar-refractivity contribution < 1.29 is 5.11 Å². The van der Waals surface area contributed by atoms with Crippen LogP contribution in [0.15, 0.2) is 24.4 Å². The predicted molar refractivity (Wildman–Crippen MR) is 46.2 cm³/mol. The normalized spacial score (nSPS) is 10.4. The second-order valence-corrected chi connectivity index (χ2v) is 2.77. The quantitative estimate of drug-likeness (QED) is 0.675. The summed E-state index contributed by atoms with van der Waals surface area (Å²) in [5.41, 5.74) is 0.435. The van der Waals surface area contributed by atoms with E-state index in [9.17, 15) is 5.11 Å². The van der Waals surface area contributed by atoms with Gasteiger partial charge in [-0.3, -0.25) is 0 Å². The van der Waals surface area contributed by atoms with Crippen molar-refractivity contribution in [1.29, 1.82) is 0 Å². The maximum atomic E-state index is 9.33. The van der Waals surface area contributed by atoms with Crippen LogP contribution in [0.1, 0.15) is 0 Å². The van der Waals surface area contributed by atoms with E-state index in [2.05, 4.69) is 10.2 Å². The van der Waals surface area contributed by atoms with E-state index in [4.69, 9.17) is 11.6 Å². The molecule has 4 heteroatoms. The minimum atomic E-state index is 0.0995. The Labute approximate surface area is 73.6 Å². The fourth-order valence-electron chi connectivity index (χ4n) is 1.03. The molecule has 0 unspecified atom stereocenters. The fraction of sp³-hybridized carbons (Fsp3) is 0. The Morgan fingerprint density at radius 1 is 1.25 bits per heavy atom. The van der Waals surface area contributed by atoms with E-state index in [1.54, 1.807) is 12.1 Å². The Balaban J connectivity index is 2.95. The van der Waals surface area contributed by atoms with E-state index in [1.807, 2.05) is 0 Å². The Hall–Kier alpha value is -1.35. The number of phenolic OH excluding ortho intramolecular Hbond substituents is 1.